The Morgan fingerprint density at radius 2 is 1.71 bits per heavy atom. The molecule has 2 saturated heterocycles. The van der Waals surface area contributed by atoms with Crippen LogP contribution in [0.1, 0.15) is 44.6 Å². The van der Waals surface area contributed by atoms with Crippen LogP contribution in [0.4, 0.5) is 10.1 Å². The topological polar surface area (TPSA) is 96.2 Å². The number of nitrogens with zero attached hydrogens (tertiary/aromatic N) is 3. The van der Waals surface area contributed by atoms with Gasteiger partial charge >= 0.3 is 0 Å². The SMILES string of the molecule is CCCCOC1=C(F)C=C(N2CCN(S(=O)(=O)C3(C(N)=O)CCN(c4ccc(C)cc4)CC3)CC2)C=CC1. The molecule has 0 saturated carbocycles. The number of benzene rings is 1. The minimum atomic E-state index is -3.99. The molecule has 1 aliphatic carbocycles. The highest BCUT2D eigenvalue weighted by Crippen LogP contribution is 2.36. The van der Waals surface area contributed by atoms with Crippen molar-refractivity contribution >= 4 is 21.6 Å². The highest BCUT2D eigenvalue weighted by atomic mass is 32.2. The molecule has 1 amide bonds. The van der Waals surface area contributed by atoms with Gasteiger partial charge in [0, 0.05) is 63.1 Å². The van der Waals surface area contributed by atoms with E-state index in [1.807, 2.05) is 48.2 Å². The highest BCUT2D eigenvalue weighted by molar-refractivity contribution is 7.91. The minimum absolute atomic E-state index is 0.142. The number of hydrogen-bond donors (Lipinski definition) is 1. The van der Waals surface area contributed by atoms with E-state index in [0.717, 1.165) is 24.1 Å². The Morgan fingerprint density at radius 3 is 2.32 bits per heavy atom. The Kier molecular flexibility index (Phi) is 8.82. The number of ether oxygens (including phenoxy) is 1. The smallest absolute Gasteiger partial charge is 0.240 e. The van der Waals surface area contributed by atoms with Crippen LogP contribution in [0.25, 0.3) is 0 Å². The quantitative estimate of drug-likeness (QED) is 0.476. The van der Waals surface area contributed by atoms with Gasteiger partial charge in [-0.1, -0.05) is 37.1 Å². The van der Waals surface area contributed by atoms with Crippen LogP contribution in [0.3, 0.4) is 0 Å². The number of hydrogen-bond acceptors (Lipinski definition) is 6. The number of allylic oxidation sites excluding steroid dienone is 4. The van der Waals surface area contributed by atoms with Crippen molar-refractivity contribution < 1.29 is 22.3 Å². The summed E-state index contributed by atoms with van der Waals surface area (Å²) in [5, 5.41) is 0. The molecule has 0 spiro atoms. The van der Waals surface area contributed by atoms with Gasteiger partial charge in [0.15, 0.2) is 10.6 Å². The largest absolute Gasteiger partial charge is 0.495 e. The average Bonchev–Trinajstić information content (AvgIpc) is 3.10. The third kappa shape index (κ3) is 5.76. The van der Waals surface area contributed by atoms with Gasteiger partial charge in [0.25, 0.3) is 0 Å². The molecule has 2 fully saturated rings. The number of piperazine rings is 1. The molecule has 2 aliphatic heterocycles. The van der Waals surface area contributed by atoms with Gasteiger partial charge in [0.1, 0.15) is 5.76 Å². The van der Waals surface area contributed by atoms with Crippen molar-refractivity contribution in [1.82, 2.24) is 9.21 Å². The first kappa shape index (κ1) is 28.2. The van der Waals surface area contributed by atoms with Gasteiger partial charge in [-0.15, -0.1) is 0 Å². The number of carbonyl (C=O) groups excluding carboxylic acids is 1. The normalized spacial score (nSPS) is 20.8. The fourth-order valence-electron chi connectivity index (χ4n) is 5.25. The number of halogens is 1. The standard InChI is InChI=1S/C28H39FN4O4S/c1-3-4-20-37-26-7-5-6-24(21-25(26)29)32-16-18-33(19-17-32)38(35,36)28(27(30)34)12-14-31(15-13-28)23-10-8-22(2)9-11-23/h5-6,8-11,21H,3-4,7,12-20H2,1-2H3,(H2,30,34). The number of primary amides is 1. The Hall–Kier alpha value is -2.85. The number of piperidine rings is 1. The lowest BCUT2D eigenvalue weighted by molar-refractivity contribution is -0.121. The second-order valence-electron chi connectivity index (χ2n) is 10.2. The number of sulfonamides is 1. The van der Waals surface area contributed by atoms with E-state index in [-0.39, 0.29) is 25.9 Å². The highest BCUT2D eigenvalue weighted by Gasteiger charge is 2.54. The monoisotopic (exact) mass is 546 g/mol. The van der Waals surface area contributed by atoms with Crippen LogP contribution in [0.2, 0.25) is 0 Å². The van der Waals surface area contributed by atoms with E-state index in [1.54, 1.807) is 0 Å². The number of nitrogens with two attached hydrogens (primary N) is 1. The van der Waals surface area contributed by atoms with Crippen molar-refractivity contribution in [3.63, 3.8) is 0 Å². The molecule has 4 rings (SSSR count). The summed E-state index contributed by atoms with van der Waals surface area (Å²) >= 11 is 0. The maximum Gasteiger partial charge on any atom is 0.240 e. The molecule has 3 aliphatic rings. The van der Waals surface area contributed by atoms with E-state index >= 15 is 0 Å². The molecule has 38 heavy (non-hydrogen) atoms. The summed E-state index contributed by atoms with van der Waals surface area (Å²) in [4.78, 5) is 16.7. The van der Waals surface area contributed by atoms with Gasteiger partial charge in [-0.3, -0.25) is 4.79 Å². The molecular formula is C28H39FN4O4S. The molecule has 0 radical (unpaired) electrons. The predicted molar refractivity (Wildman–Crippen MR) is 147 cm³/mol. The van der Waals surface area contributed by atoms with Crippen LogP contribution in [-0.4, -0.2) is 74.2 Å². The Balaban J connectivity index is 1.42. The number of carbonyl (C=O) groups is 1. The first-order valence-corrected chi connectivity index (χ1v) is 14.9. The molecule has 2 heterocycles. The number of unbranched alkanes of at least 4 members (excludes halogenated alkanes) is 1. The zero-order valence-electron chi connectivity index (χ0n) is 22.4. The molecule has 1 aromatic rings. The van der Waals surface area contributed by atoms with Gasteiger partial charge in [0.05, 0.1) is 6.61 Å². The number of amides is 1. The Bertz CT molecular complexity index is 1190. The van der Waals surface area contributed by atoms with E-state index in [9.17, 15) is 17.6 Å². The molecule has 8 nitrogen and oxygen atoms in total. The van der Waals surface area contributed by atoms with Crippen molar-refractivity contribution in [1.29, 1.82) is 0 Å². The molecule has 1 aromatic carbocycles. The summed E-state index contributed by atoms with van der Waals surface area (Å²) in [5.41, 5.74) is 8.62. The zero-order chi connectivity index (χ0) is 27.3. The van der Waals surface area contributed by atoms with Crippen molar-refractivity contribution in [3.05, 3.63) is 65.3 Å². The lowest BCUT2D eigenvalue weighted by atomic mass is 9.94. The Labute approximate surface area is 225 Å². The molecule has 0 atom stereocenters. The molecule has 0 unspecified atom stereocenters. The number of aryl methyl sites for hydroxylation is 1. The molecule has 0 aromatic heterocycles. The molecule has 2 N–H and O–H groups in total. The van der Waals surface area contributed by atoms with Gasteiger partial charge < -0.3 is 20.3 Å². The fourth-order valence-corrected chi connectivity index (χ4v) is 7.34. The van der Waals surface area contributed by atoms with Crippen LogP contribution >= 0.6 is 0 Å². The summed E-state index contributed by atoms with van der Waals surface area (Å²) in [6, 6.07) is 8.05. The van der Waals surface area contributed by atoms with Crippen molar-refractivity contribution in [2.45, 2.75) is 50.7 Å². The molecule has 208 valence electrons. The summed E-state index contributed by atoms with van der Waals surface area (Å²) in [6.07, 6.45) is 7.68. The Morgan fingerprint density at radius 1 is 1.05 bits per heavy atom. The fraction of sp³-hybridized carbons (Fsp3) is 0.536. The van der Waals surface area contributed by atoms with E-state index in [1.165, 1.54) is 10.4 Å². The second kappa shape index (κ2) is 11.9. The molecule has 0 bridgehead atoms. The van der Waals surface area contributed by atoms with Gasteiger partial charge in [-0.05, 0) is 44.4 Å². The summed E-state index contributed by atoms with van der Waals surface area (Å²) < 4.78 is 47.8. The molecular weight excluding hydrogens is 507 g/mol. The van der Waals surface area contributed by atoms with Crippen LogP contribution in [-0.2, 0) is 19.6 Å². The van der Waals surface area contributed by atoms with Gasteiger partial charge in [0.2, 0.25) is 15.9 Å². The van der Waals surface area contributed by atoms with Crippen molar-refractivity contribution in [3.8, 4) is 0 Å². The van der Waals surface area contributed by atoms with Crippen LogP contribution in [0, 0.1) is 6.92 Å². The average molecular weight is 547 g/mol. The summed E-state index contributed by atoms with van der Waals surface area (Å²) in [5.74, 6) is -0.865. The second-order valence-corrected chi connectivity index (χ2v) is 12.5. The van der Waals surface area contributed by atoms with Crippen molar-refractivity contribution in [2.24, 2.45) is 5.73 Å². The minimum Gasteiger partial charge on any atom is -0.495 e. The third-order valence-corrected chi connectivity index (χ3v) is 10.4. The van der Waals surface area contributed by atoms with E-state index in [2.05, 4.69) is 11.8 Å². The van der Waals surface area contributed by atoms with E-state index in [4.69, 9.17) is 10.5 Å². The summed E-state index contributed by atoms with van der Waals surface area (Å²) in [6.45, 7) is 6.59. The number of anilines is 1. The van der Waals surface area contributed by atoms with Crippen LogP contribution < -0.4 is 10.6 Å². The van der Waals surface area contributed by atoms with E-state index in [0.29, 0.717) is 50.7 Å². The lowest BCUT2D eigenvalue weighted by Gasteiger charge is -2.44. The maximum atomic E-state index is 14.8. The van der Waals surface area contributed by atoms with E-state index < -0.39 is 26.5 Å². The first-order chi connectivity index (χ1) is 18.2. The van der Waals surface area contributed by atoms with Crippen LogP contribution in [0.15, 0.2) is 59.8 Å². The van der Waals surface area contributed by atoms with Gasteiger partial charge in [-0.25, -0.2) is 12.8 Å². The summed E-state index contributed by atoms with van der Waals surface area (Å²) in [7, 11) is -3.99. The maximum absolute atomic E-state index is 14.8. The lowest BCUT2D eigenvalue weighted by Crippen LogP contribution is -2.63. The predicted octanol–water partition coefficient (Wildman–Crippen LogP) is 3.61. The zero-order valence-corrected chi connectivity index (χ0v) is 23.2. The van der Waals surface area contributed by atoms with Crippen LogP contribution in [0.5, 0.6) is 0 Å². The third-order valence-electron chi connectivity index (χ3n) is 7.76. The number of rotatable bonds is 9. The first-order valence-electron chi connectivity index (χ1n) is 13.4. The van der Waals surface area contributed by atoms with Gasteiger partial charge in [-0.2, -0.15) is 4.31 Å². The molecule has 10 heteroatoms. The van der Waals surface area contributed by atoms with Crippen molar-refractivity contribution in [2.75, 3.05) is 50.8 Å².